The van der Waals surface area contributed by atoms with E-state index in [0.29, 0.717) is 0 Å². The molecule has 0 aliphatic carbocycles. The number of hydrogen-bond donors (Lipinski definition) is 1. The smallest absolute Gasteiger partial charge is 0.328 e. The highest BCUT2D eigenvalue weighted by atomic mass is 16.2. The van der Waals surface area contributed by atoms with Gasteiger partial charge in [-0.3, -0.25) is 14.3 Å². The van der Waals surface area contributed by atoms with Gasteiger partial charge in [-0.2, -0.15) is 0 Å². The Kier molecular flexibility index (Phi) is 0.622. The van der Waals surface area contributed by atoms with Gasteiger partial charge in [-0.25, -0.2) is 9.78 Å². The third-order valence-electron chi connectivity index (χ3n) is 1.56. The van der Waals surface area contributed by atoms with Gasteiger partial charge in [0.15, 0.2) is 12.6 Å². The molecule has 68 valence electrons. The number of aromatic amines is 1. The molecule has 0 fully saturated rings. The fourth-order valence-corrected chi connectivity index (χ4v) is 0.954. The molecule has 0 aliphatic heterocycles. The van der Waals surface area contributed by atoms with E-state index in [1.807, 2.05) is 0 Å². The van der Waals surface area contributed by atoms with E-state index in [1.54, 1.807) is 0 Å². The zero-order valence-electron chi connectivity index (χ0n) is 12.3. The van der Waals surface area contributed by atoms with E-state index in [1.165, 1.54) is 0 Å². The first-order valence-electron chi connectivity index (χ1n) is 6.39. The molecule has 6 heteroatoms. The third-order valence-corrected chi connectivity index (χ3v) is 1.56. The van der Waals surface area contributed by atoms with Crippen molar-refractivity contribution in [1.82, 2.24) is 19.1 Å². The third kappa shape index (κ3) is 0.915. The molecule has 2 aromatic heterocycles. The molecule has 13 heavy (non-hydrogen) atoms. The molecule has 0 saturated carbocycles. The maximum absolute atomic E-state index is 12.0. The van der Waals surface area contributed by atoms with Crippen molar-refractivity contribution in [2.45, 2.75) is 0 Å². The largest absolute Gasteiger partial charge is 0.329 e. The van der Waals surface area contributed by atoms with Gasteiger partial charge >= 0.3 is 5.69 Å². The first-order valence-corrected chi connectivity index (χ1v) is 3.24. The van der Waals surface area contributed by atoms with Crippen LogP contribution in [0, 0.1) is 0 Å². The number of aromatic nitrogens is 4. The van der Waals surface area contributed by atoms with Crippen LogP contribution in [0.4, 0.5) is 0 Å². The Morgan fingerprint density at radius 1 is 1.77 bits per heavy atom. The fraction of sp³-hybridized carbons (Fsp3) is 0.286. The molecule has 2 rings (SSSR count). The van der Waals surface area contributed by atoms with Gasteiger partial charge in [-0.05, 0) is 0 Å². The number of nitrogens with one attached hydrogen (secondary N) is 1. The minimum absolute atomic E-state index is 0.0599. The van der Waals surface area contributed by atoms with Gasteiger partial charge in [0.1, 0.15) is 1.37 Å². The van der Waals surface area contributed by atoms with Crippen molar-refractivity contribution in [1.29, 1.82) is 0 Å². The number of imidazole rings is 1. The van der Waals surface area contributed by atoms with Crippen LogP contribution in [0.3, 0.4) is 0 Å². The first kappa shape index (κ1) is 3.49. The molecule has 0 radical (unpaired) electrons. The molecular formula is C7H8N4O2. The number of fused-ring (bicyclic) bond motifs is 1. The Bertz CT molecular complexity index is 769. The molecule has 0 aromatic carbocycles. The molecule has 6 nitrogen and oxygen atoms in total. The van der Waals surface area contributed by atoms with E-state index in [4.69, 9.17) is 8.27 Å². The summed E-state index contributed by atoms with van der Waals surface area (Å²) >= 11 is 0. The summed E-state index contributed by atoms with van der Waals surface area (Å²) in [4.78, 5) is 27.3. The summed E-state index contributed by atoms with van der Waals surface area (Å²) in [6.45, 7) is -3.05. The van der Waals surface area contributed by atoms with Gasteiger partial charge < -0.3 is 4.57 Å². The van der Waals surface area contributed by atoms with Crippen LogP contribution in [0.25, 0.3) is 11.2 Å². The van der Waals surface area contributed by atoms with Crippen molar-refractivity contribution in [2.24, 2.45) is 14.0 Å². The molecule has 0 spiro atoms. The highest BCUT2D eigenvalue weighted by Crippen LogP contribution is 1.98. The lowest BCUT2D eigenvalue weighted by Gasteiger charge is -1.96. The average molecular weight is 186 g/mol. The summed E-state index contributed by atoms with van der Waals surface area (Å²) in [5.41, 5.74) is -3.42. The van der Waals surface area contributed by atoms with E-state index in [0.717, 1.165) is 4.57 Å². The Hall–Kier alpha value is -1.85. The predicted octanol–water partition coefficient (Wildman–Crippen LogP) is -1.04. The van der Waals surface area contributed by atoms with Crippen molar-refractivity contribution < 1.29 is 8.27 Å². The molecule has 0 saturated heterocycles. The quantitative estimate of drug-likeness (QED) is 0.571. The molecule has 2 aromatic rings. The number of aryl methyl sites for hydroxylation is 1. The molecule has 0 atom stereocenters. The van der Waals surface area contributed by atoms with Crippen molar-refractivity contribution in [3.8, 4) is 0 Å². The highest BCUT2D eigenvalue weighted by Gasteiger charge is 2.07. The van der Waals surface area contributed by atoms with Crippen molar-refractivity contribution >= 4 is 11.2 Å². The van der Waals surface area contributed by atoms with Crippen molar-refractivity contribution in [3.05, 3.63) is 27.1 Å². The van der Waals surface area contributed by atoms with Crippen LogP contribution >= 0.6 is 0 Å². The van der Waals surface area contributed by atoms with Gasteiger partial charge in [0.2, 0.25) is 0 Å². The van der Waals surface area contributed by atoms with E-state index < -0.39 is 42.7 Å². The summed E-state index contributed by atoms with van der Waals surface area (Å²) in [6, 6.07) is 0. The fourth-order valence-electron chi connectivity index (χ4n) is 0.954. The lowest BCUT2D eigenvalue weighted by Crippen LogP contribution is -2.33. The number of H-pyrrole nitrogens is 1. The molecule has 2 heterocycles. The van der Waals surface area contributed by atoms with Crippen LogP contribution in [0.2, 0.25) is 1.41 Å². The number of nitrogens with zero attached hydrogens (tertiary/aromatic N) is 3. The maximum atomic E-state index is 12.0. The summed E-state index contributed by atoms with van der Waals surface area (Å²) in [5, 5.41) is 0. The average Bonchev–Trinajstić information content (AvgIpc) is 2.61. The number of rotatable bonds is 0. The lowest BCUT2D eigenvalue weighted by atomic mass is 10.5. The lowest BCUT2D eigenvalue weighted by molar-refractivity contribution is 0.783. The standard InChI is InChI=1S/C7H8N4O2/c1-10-3-8-5-4(10)6(12)11(2)7(13)9-5/h3H,1-2H3,(H,9,13)/i1D,2D3,3D/hD. The highest BCUT2D eigenvalue weighted by molar-refractivity contribution is 5.68. The predicted molar refractivity (Wildman–Crippen MR) is 46.6 cm³/mol. The molecule has 0 unspecified atom stereocenters. The van der Waals surface area contributed by atoms with Crippen LogP contribution in [0.15, 0.2) is 15.9 Å². The van der Waals surface area contributed by atoms with E-state index in [9.17, 15) is 9.59 Å². The Morgan fingerprint density at radius 3 is 3.31 bits per heavy atom. The second-order valence-electron chi connectivity index (χ2n) is 2.35. The minimum atomic E-state index is -3.05. The summed E-state index contributed by atoms with van der Waals surface area (Å²) in [7, 11) is -0.552. The second-order valence-corrected chi connectivity index (χ2v) is 2.35. The Labute approximate surface area is 80.9 Å². The minimum Gasteiger partial charge on any atom is -0.328 e. The summed E-state index contributed by atoms with van der Waals surface area (Å²) in [6.07, 6.45) is -0.495. The van der Waals surface area contributed by atoms with Crippen LogP contribution in [-0.2, 0) is 14.0 Å². The molecule has 0 bridgehead atoms. The van der Waals surface area contributed by atoms with Gasteiger partial charge in [0.25, 0.3) is 5.56 Å². The summed E-state index contributed by atoms with van der Waals surface area (Å²) < 4.78 is 44.3. The van der Waals surface area contributed by atoms with Crippen LogP contribution in [-0.4, -0.2) is 19.1 Å². The van der Waals surface area contributed by atoms with Crippen molar-refractivity contribution in [3.63, 3.8) is 0 Å². The van der Waals surface area contributed by atoms with Crippen LogP contribution in [0.1, 0.15) is 6.85 Å². The van der Waals surface area contributed by atoms with Crippen molar-refractivity contribution in [2.75, 3.05) is 0 Å². The summed E-state index contributed by atoms with van der Waals surface area (Å²) in [5.74, 6) is 0. The molecular weight excluding hydrogens is 172 g/mol. The Morgan fingerprint density at radius 2 is 2.62 bits per heavy atom. The van der Waals surface area contributed by atoms with Crippen LogP contribution < -0.4 is 11.2 Å². The molecule has 1 N–H and O–H groups in total. The van der Waals surface area contributed by atoms with E-state index >= 15 is 0 Å². The normalized spacial score (nSPS) is 18.5. The Balaban J connectivity index is 3.12. The zero-order valence-corrected chi connectivity index (χ0v) is 6.31. The number of hydrogen-bond acceptors (Lipinski definition) is 3. The van der Waals surface area contributed by atoms with E-state index in [-0.39, 0.29) is 9.54 Å². The zero-order chi connectivity index (χ0) is 14.5. The van der Waals surface area contributed by atoms with Crippen LogP contribution in [0.5, 0.6) is 0 Å². The van der Waals surface area contributed by atoms with Gasteiger partial charge in [-0.15, -0.1) is 0 Å². The SMILES string of the molecule is [2H]Cn1c([2H])nc2c1c(=O)n(C([2H])([2H])[2H])c(=O)n2[2H]. The van der Waals surface area contributed by atoms with Gasteiger partial charge in [0.05, 0.1) is 6.30 Å². The second kappa shape index (κ2) is 2.32. The van der Waals surface area contributed by atoms with Gasteiger partial charge in [0, 0.05) is 19.5 Å². The topological polar surface area (TPSA) is 72.7 Å². The monoisotopic (exact) mass is 186 g/mol. The van der Waals surface area contributed by atoms with Gasteiger partial charge in [-0.1, -0.05) is 0 Å². The first-order chi connectivity index (χ1) is 8.70. The maximum Gasteiger partial charge on any atom is 0.329 e. The molecule has 0 amide bonds. The molecule has 0 aliphatic rings. The van der Waals surface area contributed by atoms with E-state index in [2.05, 4.69) is 4.98 Å².